The van der Waals surface area contributed by atoms with Gasteiger partial charge in [-0.3, -0.25) is 0 Å². The fourth-order valence-corrected chi connectivity index (χ4v) is 0.487. The van der Waals surface area contributed by atoms with Crippen LogP contribution in [0.15, 0.2) is 12.4 Å². The number of imidazole rings is 1. The van der Waals surface area contributed by atoms with E-state index in [1.165, 1.54) is 0 Å². The smallest absolute Gasteiger partial charge is 0.176 e. The van der Waals surface area contributed by atoms with Gasteiger partial charge in [-0.25, -0.2) is 4.98 Å². The Labute approximate surface area is 47.6 Å². The molecule has 0 saturated carbocycles. The molecule has 43 valence electrons. The predicted molar refractivity (Wildman–Crippen MR) is 28.1 cm³/mol. The van der Waals surface area contributed by atoms with Crippen molar-refractivity contribution in [2.75, 3.05) is 6.61 Å². The van der Waals surface area contributed by atoms with E-state index in [4.69, 9.17) is 5.11 Å². The SMILES string of the molecule is OCCn1[c]ncc1. The molecule has 0 saturated heterocycles. The highest BCUT2D eigenvalue weighted by Gasteiger charge is 1.84. The molecular weight excluding hydrogens is 104 g/mol. The molecule has 0 aliphatic rings. The first-order valence-corrected chi connectivity index (χ1v) is 2.43. The van der Waals surface area contributed by atoms with Gasteiger partial charge in [0.25, 0.3) is 0 Å². The molecule has 1 aromatic rings. The number of aliphatic hydroxyl groups is 1. The van der Waals surface area contributed by atoms with E-state index in [0.717, 1.165) is 0 Å². The van der Waals surface area contributed by atoms with Gasteiger partial charge in [-0.05, 0) is 0 Å². The fourth-order valence-electron chi connectivity index (χ4n) is 0.487. The molecular formula is C5H7N2O. The Morgan fingerprint density at radius 1 is 1.75 bits per heavy atom. The van der Waals surface area contributed by atoms with Crippen LogP contribution < -0.4 is 0 Å². The van der Waals surface area contributed by atoms with Crippen LogP contribution in [0.5, 0.6) is 0 Å². The standard InChI is InChI=1S/C5H7N2O/c8-4-3-7-2-1-6-5-7/h1-2,8H,3-4H2. The molecule has 1 radical (unpaired) electrons. The molecule has 8 heavy (non-hydrogen) atoms. The summed E-state index contributed by atoms with van der Waals surface area (Å²) >= 11 is 0. The van der Waals surface area contributed by atoms with Gasteiger partial charge in [0.05, 0.1) is 6.61 Å². The number of nitrogens with zero attached hydrogens (tertiary/aromatic N) is 2. The zero-order valence-electron chi connectivity index (χ0n) is 4.41. The molecule has 0 spiro atoms. The Morgan fingerprint density at radius 3 is 3.12 bits per heavy atom. The van der Waals surface area contributed by atoms with Crippen LogP contribution in [0.25, 0.3) is 0 Å². The maximum Gasteiger partial charge on any atom is 0.176 e. The molecule has 0 atom stereocenters. The van der Waals surface area contributed by atoms with Crippen molar-refractivity contribution in [2.45, 2.75) is 6.54 Å². The van der Waals surface area contributed by atoms with Gasteiger partial charge >= 0.3 is 0 Å². The van der Waals surface area contributed by atoms with E-state index in [9.17, 15) is 0 Å². The maximum atomic E-state index is 8.37. The van der Waals surface area contributed by atoms with Crippen molar-refractivity contribution in [3.8, 4) is 0 Å². The Morgan fingerprint density at radius 2 is 2.62 bits per heavy atom. The van der Waals surface area contributed by atoms with Crippen LogP contribution in [0, 0.1) is 6.33 Å². The lowest BCUT2D eigenvalue weighted by Crippen LogP contribution is -1.98. The van der Waals surface area contributed by atoms with Crippen molar-refractivity contribution in [2.24, 2.45) is 0 Å². The van der Waals surface area contributed by atoms with Crippen LogP contribution in [0.1, 0.15) is 0 Å². The Bertz CT molecular complexity index is 136. The van der Waals surface area contributed by atoms with Gasteiger partial charge in [-0.2, -0.15) is 0 Å². The Kier molecular flexibility index (Phi) is 1.64. The van der Waals surface area contributed by atoms with Gasteiger partial charge in [0, 0.05) is 18.9 Å². The highest BCUT2D eigenvalue weighted by Crippen LogP contribution is 1.80. The molecule has 1 aromatic heterocycles. The first-order valence-electron chi connectivity index (χ1n) is 2.43. The van der Waals surface area contributed by atoms with E-state index in [2.05, 4.69) is 11.3 Å². The summed E-state index contributed by atoms with van der Waals surface area (Å²) in [4.78, 5) is 3.67. The van der Waals surface area contributed by atoms with Crippen LogP contribution in [0.2, 0.25) is 0 Å². The average Bonchev–Trinajstić information content (AvgIpc) is 2.19. The lowest BCUT2D eigenvalue weighted by Gasteiger charge is -1.91. The molecule has 0 aliphatic carbocycles. The van der Waals surface area contributed by atoms with Gasteiger partial charge in [0.2, 0.25) is 0 Å². The number of aliphatic hydroxyl groups excluding tert-OH is 1. The van der Waals surface area contributed by atoms with Gasteiger partial charge in [0.15, 0.2) is 6.33 Å². The van der Waals surface area contributed by atoms with Crippen LogP contribution in [-0.2, 0) is 6.54 Å². The molecule has 0 bridgehead atoms. The van der Waals surface area contributed by atoms with Crippen molar-refractivity contribution < 1.29 is 5.11 Å². The van der Waals surface area contributed by atoms with E-state index in [-0.39, 0.29) is 6.61 Å². The summed E-state index contributed by atoms with van der Waals surface area (Å²) in [5, 5.41) is 8.37. The zero-order valence-corrected chi connectivity index (χ0v) is 4.41. The van der Waals surface area contributed by atoms with Crippen LogP contribution in [-0.4, -0.2) is 21.3 Å². The molecule has 0 aliphatic heterocycles. The summed E-state index contributed by atoms with van der Waals surface area (Å²) in [5.41, 5.74) is 0. The maximum absolute atomic E-state index is 8.37. The van der Waals surface area contributed by atoms with Gasteiger partial charge in [0.1, 0.15) is 0 Å². The monoisotopic (exact) mass is 111 g/mol. The van der Waals surface area contributed by atoms with Crippen LogP contribution in [0.4, 0.5) is 0 Å². The molecule has 1 rings (SSSR count). The Hall–Kier alpha value is -0.830. The first-order chi connectivity index (χ1) is 3.93. The third-order valence-corrected chi connectivity index (χ3v) is 0.848. The molecule has 3 nitrogen and oxygen atoms in total. The van der Waals surface area contributed by atoms with E-state index in [0.29, 0.717) is 6.54 Å². The fraction of sp³-hybridized carbons (Fsp3) is 0.400. The van der Waals surface area contributed by atoms with Crippen molar-refractivity contribution in [1.82, 2.24) is 9.55 Å². The number of aromatic nitrogens is 2. The number of hydrogen-bond acceptors (Lipinski definition) is 2. The summed E-state index contributed by atoms with van der Waals surface area (Å²) in [6.07, 6.45) is 6.04. The van der Waals surface area contributed by atoms with Crippen LogP contribution >= 0.6 is 0 Å². The molecule has 0 fully saturated rings. The summed E-state index contributed by atoms with van der Waals surface area (Å²) in [6, 6.07) is 0. The number of hydrogen-bond donors (Lipinski definition) is 1. The van der Waals surface area contributed by atoms with Crippen LogP contribution in [0.3, 0.4) is 0 Å². The van der Waals surface area contributed by atoms with E-state index >= 15 is 0 Å². The first kappa shape index (κ1) is 5.31. The topological polar surface area (TPSA) is 38.0 Å². The second-order valence-electron chi connectivity index (χ2n) is 1.44. The summed E-state index contributed by atoms with van der Waals surface area (Å²) < 4.78 is 1.69. The average molecular weight is 111 g/mol. The quantitative estimate of drug-likeness (QED) is 0.567. The summed E-state index contributed by atoms with van der Waals surface area (Å²) in [5.74, 6) is 0. The zero-order chi connectivity index (χ0) is 5.82. The molecule has 0 unspecified atom stereocenters. The third kappa shape index (κ3) is 1.07. The van der Waals surface area contributed by atoms with Gasteiger partial charge in [-0.15, -0.1) is 0 Å². The molecule has 1 N–H and O–H groups in total. The predicted octanol–water partition coefficient (Wildman–Crippen LogP) is -0.324. The molecule has 3 heteroatoms. The van der Waals surface area contributed by atoms with E-state index < -0.39 is 0 Å². The Balaban J connectivity index is 2.50. The highest BCUT2D eigenvalue weighted by molar-refractivity contribution is 4.71. The molecule has 0 amide bonds. The summed E-state index contributed by atoms with van der Waals surface area (Å²) in [7, 11) is 0. The molecule has 1 heterocycles. The minimum atomic E-state index is 0.146. The minimum absolute atomic E-state index is 0.146. The second kappa shape index (κ2) is 2.47. The lowest BCUT2D eigenvalue weighted by atomic mass is 10.7. The van der Waals surface area contributed by atoms with E-state index in [1.54, 1.807) is 17.0 Å². The lowest BCUT2D eigenvalue weighted by molar-refractivity contribution is 0.275. The van der Waals surface area contributed by atoms with Gasteiger partial charge in [-0.1, -0.05) is 0 Å². The van der Waals surface area contributed by atoms with Crippen molar-refractivity contribution in [1.29, 1.82) is 0 Å². The second-order valence-corrected chi connectivity index (χ2v) is 1.44. The highest BCUT2D eigenvalue weighted by atomic mass is 16.3. The normalized spacial score (nSPS) is 9.62. The van der Waals surface area contributed by atoms with Crippen molar-refractivity contribution >= 4 is 0 Å². The summed E-state index contributed by atoms with van der Waals surface area (Å²) in [6.45, 7) is 0.729. The largest absolute Gasteiger partial charge is 0.395 e. The molecule has 0 aromatic carbocycles. The number of rotatable bonds is 2. The third-order valence-electron chi connectivity index (χ3n) is 0.848. The minimum Gasteiger partial charge on any atom is -0.395 e. The van der Waals surface area contributed by atoms with Gasteiger partial charge < -0.3 is 9.67 Å². The van der Waals surface area contributed by atoms with Crippen molar-refractivity contribution in [3.63, 3.8) is 0 Å². The van der Waals surface area contributed by atoms with E-state index in [1.807, 2.05) is 0 Å². The van der Waals surface area contributed by atoms with Crippen molar-refractivity contribution in [3.05, 3.63) is 18.7 Å².